The van der Waals surface area contributed by atoms with E-state index in [9.17, 15) is 24.3 Å². The second-order valence-electron chi connectivity index (χ2n) is 7.50. The summed E-state index contributed by atoms with van der Waals surface area (Å²) in [4.78, 5) is 59.3. The fourth-order valence-electron chi connectivity index (χ4n) is 3.53. The number of nitrogens with one attached hydrogen (secondary N) is 2. The fraction of sp³-hybridized carbons (Fsp3) is 0.350. The number of carboxylic acids is 1. The lowest BCUT2D eigenvalue weighted by atomic mass is 10.0. The van der Waals surface area contributed by atoms with Crippen molar-refractivity contribution in [2.45, 2.75) is 30.0 Å². The predicted octanol–water partition coefficient (Wildman–Crippen LogP) is 0.155. The van der Waals surface area contributed by atoms with Gasteiger partial charge >= 0.3 is 5.97 Å². The highest BCUT2D eigenvalue weighted by Gasteiger charge is 2.54. The first-order valence-corrected chi connectivity index (χ1v) is 13.9. The SMILES string of the molecule is C=CCn1nnnc1SCC1=C(C(=O)O)N2C(=O)C(NC(=O)C(=NOCC)c3csc(NC=O)n3)[C@H]2SC1. The zero-order valence-corrected chi connectivity index (χ0v) is 22.2. The van der Waals surface area contributed by atoms with Crippen molar-refractivity contribution in [1.82, 2.24) is 35.4 Å². The molecule has 3 amide bonds. The number of aliphatic carboxylic acids is 1. The van der Waals surface area contributed by atoms with Crippen LogP contribution in [0.15, 0.2) is 39.6 Å². The van der Waals surface area contributed by atoms with Crippen LogP contribution in [0.3, 0.4) is 0 Å². The average molecular weight is 580 g/mol. The van der Waals surface area contributed by atoms with E-state index in [1.54, 1.807) is 13.0 Å². The maximum atomic E-state index is 13.1. The molecule has 0 aromatic carbocycles. The van der Waals surface area contributed by atoms with Crippen LogP contribution in [-0.4, -0.2) is 94.6 Å². The molecule has 4 rings (SSSR count). The second kappa shape index (κ2) is 12.2. The van der Waals surface area contributed by atoms with Gasteiger partial charge < -0.3 is 20.6 Å². The number of β-lactam (4-membered cyclic amide) rings is 1. The van der Waals surface area contributed by atoms with Gasteiger partial charge in [0.05, 0.1) is 6.54 Å². The molecule has 2 aromatic rings. The van der Waals surface area contributed by atoms with Gasteiger partial charge in [-0.15, -0.1) is 34.8 Å². The highest BCUT2D eigenvalue weighted by molar-refractivity contribution is 8.01. The number of amides is 3. The molecule has 15 nitrogen and oxygen atoms in total. The Labute approximate surface area is 227 Å². The number of carboxylic acid groups (broad SMARTS) is 1. The number of tetrazole rings is 1. The van der Waals surface area contributed by atoms with Gasteiger partial charge in [-0.2, -0.15) is 0 Å². The van der Waals surface area contributed by atoms with Crippen molar-refractivity contribution in [3.8, 4) is 0 Å². The summed E-state index contributed by atoms with van der Waals surface area (Å²) in [6.45, 7) is 5.91. The van der Waals surface area contributed by atoms with Crippen LogP contribution in [0.25, 0.3) is 0 Å². The van der Waals surface area contributed by atoms with Gasteiger partial charge in [-0.05, 0) is 22.9 Å². The number of anilines is 1. The summed E-state index contributed by atoms with van der Waals surface area (Å²) in [5.74, 6) is -1.96. The molecule has 18 heteroatoms. The van der Waals surface area contributed by atoms with Gasteiger partial charge in [-0.3, -0.25) is 19.3 Å². The lowest BCUT2D eigenvalue weighted by molar-refractivity contribution is -0.150. The number of oxime groups is 1. The van der Waals surface area contributed by atoms with E-state index in [-0.39, 0.29) is 34.6 Å². The van der Waals surface area contributed by atoms with E-state index >= 15 is 0 Å². The van der Waals surface area contributed by atoms with Crippen molar-refractivity contribution in [3.05, 3.63) is 35.0 Å². The number of carbonyl (C=O) groups is 4. The van der Waals surface area contributed by atoms with E-state index in [1.165, 1.54) is 38.5 Å². The van der Waals surface area contributed by atoms with E-state index < -0.39 is 29.2 Å². The van der Waals surface area contributed by atoms with Gasteiger partial charge in [0.2, 0.25) is 11.6 Å². The summed E-state index contributed by atoms with van der Waals surface area (Å²) >= 11 is 3.66. The largest absolute Gasteiger partial charge is 0.477 e. The molecule has 4 heterocycles. The van der Waals surface area contributed by atoms with Gasteiger partial charge in [0.1, 0.15) is 29.4 Å². The third kappa shape index (κ3) is 5.55. The van der Waals surface area contributed by atoms with Gasteiger partial charge in [0.15, 0.2) is 10.8 Å². The van der Waals surface area contributed by atoms with Crippen molar-refractivity contribution < 1.29 is 29.1 Å². The molecule has 1 saturated heterocycles. The Morgan fingerprint density at radius 1 is 1.45 bits per heavy atom. The third-order valence-corrected chi connectivity index (χ3v) is 8.30. The molecule has 1 fully saturated rings. The Hall–Kier alpha value is -3.77. The zero-order valence-electron chi connectivity index (χ0n) is 19.8. The highest BCUT2D eigenvalue weighted by Crippen LogP contribution is 2.41. The molecule has 0 spiro atoms. The maximum Gasteiger partial charge on any atom is 0.352 e. The molecule has 2 aromatic heterocycles. The maximum absolute atomic E-state index is 13.1. The molecule has 0 aliphatic carbocycles. The second-order valence-corrected chi connectivity index (χ2v) is 10.4. The Morgan fingerprint density at radius 2 is 2.26 bits per heavy atom. The summed E-state index contributed by atoms with van der Waals surface area (Å²) in [6.07, 6.45) is 2.09. The normalized spacial score (nSPS) is 18.9. The molecule has 1 unspecified atom stereocenters. The zero-order chi connectivity index (χ0) is 27.2. The van der Waals surface area contributed by atoms with Crippen molar-refractivity contribution in [3.63, 3.8) is 0 Å². The number of carbonyl (C=O) groups excluding carboxylic acids is 3. The van der Waals surface area contributed by atoms with Crippen molar-refractivity contribution in [2.24, 2.45) is 5.16 Å². The molecular formula is C20H21N9O6S3. The van der Waals surface area contributed by atoms with Crippen LogP contribution >= 0.6 is 34.9 Å². The predicted molar refractivity (Wildman–Crippen MR) is 138 cm³/mol. The van der Waals surface area contributed by atoms with Crippen molar-refractivity contribution in [1.29, 1.82) is 0 Å². The Morgan fingerprint density at radius 3 is 2.97 bits per heavy atom. The molecule has 0 bridgehead atoms. The quantitative estimate of drug-likeness (QED) is 0.0727. The molecule has 0 radical (unpaired) electrons. The van der Waals surface area contributed by atoms with E-state index in [2.05, 4.69) is 42.9 Å². The Balaban J connectivity index is 1.48. The van der Waals surface area contributed by atoms with E-state index in [0.717, 1.165) is 11.3 Å². The number of thiazole rings is 1. The van der Waals surface area contributed by atoms with Crippen LogP contribution in [0.2, 0.25) is 0 Å². The van der Waals surface area contributed by atoms with Gasteiger partial charge in [0.25, 0.3) is 11.8 Å². The fourth-order valence-corrected chi connectivity index (χ4v) is 6.55. The summed E-state index contributed by atoms with van der Waals surface area (Å²) < 4.78 is 1.53. The summed E-state index contributed by atoms with van der Waals surface area (Å²) in [5.41, 5.74) is 0.380. The number of allylic oxidation sites excluding steroid dienone is 1. The van der Waals surface area contributed by atoms with Crippen LogP contribution < -0.4 is 10.6 Å². The Kier molecular flexibility index (Phi) is 8.74. The Bertz CT molecular complexity index is 1320. The van der Waals surface area contributed by atoms with Crippen LogP contribution in [0, 0.1) is 0 Å². The molecule has 2 atom stereocenters. The minimum absolute atomic E-state index is 0.119. The number of nitrogens with zero attached hydrogens (tertiary/aromatic N) is 7. The first kappa shape index (κ1) is 27.3. The number of thioether (sulfide) groups is 2. The number of aromatic nitrogens is 5. The van der Waals surface area contributed by atoms with Crippen molar-refractivity contribution in [2.75, 3.05) is 23.4 Å². The summed E-state index contributed by atoms with van der Waals surface area (Å²) in [7, 11) is 0. The summed E-state index contributed by atoms with van der Waals surface area (Å²) in [6, 6.07) is -0.978. The van der Waals surface area contributed by atoms with Crippen LogP contribution in [0.5, 0.6) is 0 Å². The van der Waals surface area contributed by atoms with E-state index in [1.807, 2.05) is 0 Å². The smallest absolute Gasteiger partial charge is 0.352 e. The van der Waals surface area contributed by atoms with Gasteiger partial charge in [0, 0.05) is 16.9 Å². The molecule has 200 valence electrons. The monoisotopic (exact) mass is 579 g/mol. The number of hydrogen-bond donors (Lipinski definition) is 3. The molecule has 2 aliphatic rings. The summed E-state index contributed by atoms with van der Waals surface area (Å²) in [5, 5.41) is 31.8. The number of rotatable bonds is 13. The number of fused-ring (bicyclic) bond motifs is 1. The number of hydrogen-bond acceptors (Lipinski definition) is 13. The molecule has 2 aliphatic heterocycles. The van der Waals surface area contributed by atoms with Gasteiger partial charge in [-0.1, -0.05) is 23.0 Å². The molecule has 3 N–H and O–H groups in total. The van der Waals surface area contributed by atoms with Crippen LogP contribution in [0.4, 0.5) is 5.13 Å². The van der Waals surface area contributed by atoms with Gasteiger partial charge in [-0.25, -0.2) is 14.5 Å². The van der Waals surface area contributed by atoms with Crippen molar-refractivity contribution >= 4 is 69.9 Å². The topological polar surface area (TPSA) is 194 Å². The lowest BCUT2D eigenvalue weighted by Crippen LogP contribution is -2.71. The minimum atomic E-state index is -1.24. The molecular weight excluding hydrogens is 558 g/mol. The standard InChI is InChI=1S/C20H21N9O6S3/c1-3-5-28-20(24-26-27-28)38-7-10-6-36-17-13(16(32)29(17)14(10)18(33)34)23-15(31)12(25-35-4-2)11-8-37-19(22-11)21-9-30/h3,8-9,13,17H,1,4-7H2,2H3,(H,23,31)(H,33,34)(H,21,22,30)/t13?,17-/m1/s1. The lowest BCUT2D eigenvalue weighted by Gasteiger charge is -2.49. The third-order valence-electron chi connectivity index (χ3n) is 5.14. The minimum Gasteiger partial charge on any atom is -0.477 e. The van der Waals surface area contributed by atoms with Crippen LogP contribution in [-0.2, 0) is 30.6 Å². The van der Waals surface area contributed by atoms with Crippen LogP contribution in [0.1, 0.15) is 12.6 Å². The highest BCUT2D eigenvalue weighted by atomic mass is 32.2. The molecule has 0 saturated carbocycles. The average Bonchev–Trinajstić information content (AvgIpc) is 3.55. The van der Waals surface area contributed by atoms with E-state index in [4.69, 9.17) is 4.84 Å². The first-order chi connectivity index (χ1) is 18.4. The van der Waals surface area contributed by atoms with E-state index in [0.29, 0.717) is 29.4 Å². The molecule has 38 heavy (non-hydrogen) atoms. The first-order valence-electron chi connectivity index (χ1n) is 11.0.